The lowest BCUT2D eigenvalue weighted by atomic mass is 9.67. The molecule has 0 saturated heterocycles. The van der Waals surface area contributed by atoms with E-state index >= 15 is 0 Å². The van der Waals surface area contributed by atoms with Gasteiger partial charge in [0.05, 0.1) is 12.0 Å². The summed E-state index contributed by atoms with van der Waals surface area (Å²) >= 11 is 0. The number of rotatable bonds is 5. The molecule has 122 valence electrons. The molecule has 0 unspecified atom stereocenters. The third kappa shape index (κ3) is 2.83. The van der Waals surface area contributed by atoms with Crippen LogP contribution < -0.4 is 0 Å². The van der Waals surface area contributed by atoms with Gasteiger partial charge in [-0.05, 0) is 41.7 Å². The van der Waals surface area contributed by atoms with Crippen LogP contribution in [0.25, 0.3) is 0 Å². The van der Waals surface area contributed by atoms with E-state index < -0.39 is 0 Å². The topological polar surface area (TPSA) is 9.23 Å². The van der Waals surface area contributed by atoms with Gasteiger partial charge in [0.1, 0.15) is 10.5 Å². The molecule has 0 aromatic heterocycles. The molecule has 0 fully saturated rings. The summed E-state index contributed by atoms with van der Waals surface area (Å²) in [6.45, 7) is 5.05. The van der Waals surface area contributed by atoms with E-state index in [0.717, 1.165) is 10.5 Å². The Morgan fingerprint density at radius 2 is 1.17 bits per heavy atom. The average Bonchev–Trinajstić information content (AvgIpc) is 2.62. The Morgan fingerprint density at radius 1 is 0.708 bits per heavy atom. The summed E-state index contributed by atoms with van der Waals surface area (Å²) in [5.41, 5.74) is 6.23. The van der Waals surface area contributed by atoms with Crippen LogP contribution in [0.4, 0.5) is 0 Å². The first-order valence-corrected chi connectivity index (χ1v) is 9.18. The monoisotopic (exact) mass is 332 g/mol. The zero-order valence-corrected chi connectivity index (χ0v) is 16.6. The van der Waals surface area contributed by atoms with Crippen molar-refractivity contribution in [3.8, 4) is 0 Å². The molecule has 24 heavy (non-hydrogen) atoms. The van der Waals surface area contributed by atoms with Crippen LogP contribution in [-0.2, 0) is 9.84 Å². The first-order valence-electron chi connectivity index (χ1n) is 8.37. The first-order chi connectivity index (χ1) is 11.7. The fourth-order valence-corrected chi connectivity index (χ4v) is 4.17. The van der Waals surface area contributed by atoms with Crippen molar-refractivity contribution in [1.82, 2.24) is 0 Å². The second-order valence-electron chi connectivity index (χ2n) is 6.33. The zero-order valence-electron chi connectivity index (χ0n) is 14.6. The highest BCUT2D eigenvalue weighted by molar-refractivity contribution is 5.98. The minimum atomic E-state index is -0.278. The largest absolute Gasteiger partial charge is 0.426 e. The van der Waals surface area contributed by atoms with Gasteiger partial charge in [-0.25, -0.2) is 0 Å². The van der Waals surface area contributed by atoms with Crippen molar-refractivity contribution in [2.24, 2.45) is 0 Å². The van der Waals surface area contributed by atoms with Crippen molar-refractivity contribution >= 4 is 10.5 Å². The van der Waals surface area contributed by atoms with Crippen LogP contribution >= 0.6 is 0 Å². The van der Waals surface area contributed by atoms with Crippen LogP contribution in [0.15, 0.2) is 78.9 Å². The molecule has 3 rings (SSSR count). The smallest absolute Gasteiger partial charge is 0.146 e. The third-order valence-corrected chi connectivity index (χ3v) is 5.13. The van der Waals surface area contributed by atoms with Gasteiger partial charge in [-0.2, -0.15) is 0 Å². The van der Waals surface area contributed by atoms with Gasteiger partial charge in [-0.15, -0.1) is 0 Å². The normalized spacial score (nSPS) is 11.6. The fraction of sp³-hybridized carbons (Fsp3) is 0.182. The first kappa shape index (κ1) is 16.7. The van der Waals surface area contributed by atoms with E-state index in [1.165, 1.54) is 27.8 Å². The van der Waals surface area contributed by atoms with Gasteiger partial charge in [0.25, 0.3) is 0 Å². The summed E-state index contributed by atoms with van der Waals surface area (Å²) < 4.78 is 5.92. The average molecular weight is 333 g/mol. The van der Waals surface area contributed by atoms with Gasteiger partial charge in [0.2, 0.25) is 0 Å². The summed E-state index contributed by atoms with van der Waals surface area (Å²) in [7, 11) is 0.719. The Balaban J connectivity index is 2.39. The van der Waals surface area contributed by atoms with Crippen molar-refractivity contribution in [3.63, 3.8) is 0 Å². The molecule has 0 atom stereocenters. The van der Waals surface area contributed by atoms with Crippen LogP contribution in [0, 0.1) is 13.8 Å². The molecule has 0 saturated carbocycles. The maximum atomic E-state index is 5.92. The quantitative estimate of drug-likeness (QED) is 0.508. The Bertz CT molecular complexity index is 765. The molecular formula is C22H24OSi. The maximum Gasteiger partial charge on any atom is 0.146 e. The van der Waals surface area contributed by atoms with E-state index in [9.17, 15) is 0 Å². The zero-order chi connectivity index (χ0) is 17.0. The van der Waals surface area contributed by atoms with Crippen LogP contribution in [0.1, 0.15) is 27.8 Å². The summed E-state index contributed by atoms with van der Waals surface area (Å²) in [5, 5.41) is 0. The van der Waals surface area contributed by atoms with Crippen LogP contribution in [0.3, 0.4) is 0 Å². The van der Waals surface area contributed by atoms with Gasteiger partial charge in [0.15, 0.2) is 0 Å². The minimum absolute atomic E-state index is 0.278. The van der Waals surface area contributed by atoms with E-state index in [4.69, 9.17) is 4.43 Å². The van der Waals surface area contributed by atoms with Crippen LogP contribution in [-0.4, -0.2) is 17.1 Å². The van der Waals surface area contributed by atoms with E-state index in [-0.39, 0.29) is 5.41 Å². The van der Waals surface area contributed by atoms with Gasteiger partial charge in [-0.3, -0.25) is 0 Å². The molecule has 0 N–H and O–H groups in total. The van der Waals surface area contributed by atoms with Gasteiger partial charge >= 0.3 is 0 Å². The lowest BCUT2D eigenvalue weighted by Gasteiger charge is -2.37. The molecule has 0 aliphatic rings. The van der Waals surface area contributed by atoms with Crippen LogP contribution in [0.5, 0.6) is 0 Å². The molecule has 0 amide bonds. The van der Waals surface area contributed by atoms with Crippen LogP contribution in [0.2, 0.25) is 0 Å². The summed E-state index contributed by atoms with van der Waals surface area (Å²) in [6, 6.07) is 28.1. The van der Waals surface area contributed by atoms with Gasteiger partial charge in [0, 0.05) is 0 Å². The number of hydrogen-bond acceptors (Lipinski definition) is 1. The minimum Gasteiger partial charge on any atom is -0.426 e. The van der Waals surface area contributed by atoms with Gasteiger partial charge < -0.3 is 4.43 Å². The van der Waals surface area contributed by atoms with Crippen molar-refractivity contribution < 1.29 is 4.43 Å². The Labute approximate surface area is 147 Å². The Kier molecular flexibility index (Phi) is 4.98. The fourth-order valence-electron chi connectivity index (χ4n) is 3.74. The highest BCUT2D eigenvalue weighted by Crippen LogP contribution is 2.42. The number of hydrogen-bond donors (Lipinski definition) is 0. The van der Waals surface area contributed by atoms with E-state index in [0.29, 0.717) is 6.61 Å². The van der Waals surface area contributed by atoms with Crippen molar-refractivity contribution in [3.05, 3.63) is 107 Å². The second kappa shape index (κ2) is 7.16. The molecule has 3 aromatic carbocycles. The Hall–Kier alpha value is -2.16. The van der Waals surface area contributed by atoms with E-state index in [1.54, 1.807) is 0 Å². The molecular weight excluding hydrogens is 308 g/mol. The standard InChI is InChI=1S/C22H24OSi/c1-17-10-6-8-14-20(17)22(16-23-24,19-12-4-3-5-13-19)21-15-9-7-11-18(21)2/h3-15H,16H2,1-2,24H3. The molecule has 1 nitrogen and oxygen atoms in total. The molecule has 0 heterocycles. The van der Waals surface area contributed by atoms with Crippen molar-refractivity contribution in [1.29, 1.82) is 0 Å². The maximum absolute atomic E-state index is 5.92. The summed E-state index contributed by atoms with van der Waals surface area (Å²) in [6.07, 6.45) is 0. The second-order valence-corrected chi connectivity index (χ2v) is 6.91. The lowest BCUT2D eigenvalue weighted by molar-refractivity contribution is 0.288. The molecule has 0 spiro atoms. The lowest BCUT2D eigenvalue weighted by Crippen LogP contribution is -2.36. The molecule has 0 bridgehead atoms. The third-order valence-electron chi connectivity index (χ3n) is 4.84. The molecule has 2 heteroatoms. The van der Waals surface area contributed by atoms with E-state index in [2.05, 4.69) is 92.7 Å². The van der Waals surface area contributed by atoms with Crippen molar-refractivity contribution in [2.75, 3.05) is 6.61 Å². The number of aryl methyl sites for hydroxylation is 2. The number of benzene rings is 3. The Morgan fingerprint density at radius 3 is 1.62 bits per heavy atom. The molecule has 0 aliphatic heterocycles. The SMILES string of the molecule is Cc1ccccc1C(CO[SiH3])(c1ccccc1)c1ccccc1C. The van der Waals surface area contributed by atoms with E-state index in [1.807, 2.05) is 0 Å². The summed E-state index contributed by atoms with van der Waals surface area (Å²) in [5.74, 6) is 0. The highest BCUT2D eigenvalue weighted by atomic mass is 28.2. The molecule has 0 aliphatic carbocycles. The highest BCUT2D eigenvalue weighted by Gasteiger charge is 2.38. The predicted octanol–water partition coefficient (Wildman–Crippen LogP) is 3.93. The summed E-state index contributed by atoms with van der Waals surface area (Å²) in [4.78, 5) is 0. The predicted molar refractivity (Wildman–Crippen MR) is 105 cm³/mol. The molecule has 0 radical (unpaired) electrons. The van der Waals surface area contributed by atoms with Gasteiger partial charge in [-0.1, -0.05) is 78.9 Å². The van der Waals surface area contributed by atoms with Crippen molar-refractivity contribution in [2.45, 2.75) is 19.3 Å². The molecule has 3 aromatic rings.